The first-order valence-electron chi connectivity index (χ1n) is 15.3. The summed E-state index contributed by atoms with van der Waals surface area (Å²) < 4.78 is 3.50. The third-order valence-electron chi connectivity index (χ3n) is 8.94. The molecule has 0 unspecified atom stereocenters. The van der Waals surface area contributed by atoms with Crippen LogP contribution in [0.3, 0.4) is 0 Å². The SMILES string of the molecule is Cc1c(Br)cc2ccccc2c1-c1c(C)c(Br)cc2ccccc12.Oc1c(Br)cc2ccccc2c1-c1c(O)c(Br)cc2ccccc12. The van der Waals surface area contributed by atoms with Crippen LogP contribution in [0.5, 0.6) is 11.5 Å². The summed E-state index contributed by atoms with van der Waals surface area (Å²) in [6, 6.07) is 41.1. The Morgan fingerprint density at radius 2 is 0.604 bits per heavy atom. The van der Waals surface area contributed by atoms with Gasteiger partial charge in [0.15, 0.2) is 0 Å². The summed E-state index contributed by atoms with van der Waals surface area (Å²) in [7, 11) is 0. The number of benzene rings is 8. The third-order valence-corrected chi connectivity index (χ3v) is 11.8. The van der Waals surface area contributed by atoms with Gasteiger partial charge in [-0.25, -0.2) is 0 Å². The standard InChI is InChI=1S/C22H16Br2.C20H12Br2O2/c1-13-19(23)11-15-7-3-5-9-17(15)21(13)22-14(2)20(24)12-16-8-4-6-10-18(16)22;21-15-9-11-5-1-3-7-13(11)17(19(15)23)18-14-8-4-2-6-12(14)10-16(22)20(18)24/h3-12H,1-2H3;1-10,23-24H. The molecular weight excluding hydrogens is 856 g/mol. The lowest BCUT2D eigenvalue weighted by Gasteiger charge is -2.18. The molecule has 0 saturated carbocycles. The second-order valence-corrected chi connectivity index (χ2v) is 15.2. The van der Waals surface area contributed by atoms with E-state index in [-0.39, 0.29) is 11.5 Å². The van der Waals surface area contributed by atoms with Crippen LogP contribution in [-0.4, -0.2) is 10.2 Å². The monoisotopic (exact) mass is 880 g/mol. The van der Waals surface area contributed by atoms with Gasteiger partial charge in [-0.1, -0.05) is 129 Å². The molecule has 8 aromatic rings. The van der Waals surface area contributed by atoms with Crippen LogP contribution >= 0.6 is 63.7 Å². The van der Waals surface area contributed by atoms with Gasteiger partial charge in [-0.15, -0.1) is 0 Å². The number of phenols is 2. The molecule has 0 heterocycles. The summed E-state index contributed by atoms with van der Waals surface area (Å²) in [6.07, 6.45) is 0. The van der Waals surface area contributed by atoms with Crippen LogP contribution in [0, 0.1) is 13.8 Å². The molecule has 48 heavy (non-hydrogen) atoms. The Labute approximate surface area is 312 Å². The number of phenolic OH excluding ortho intramolecular Hbond substituents is 2. The van der Waals surface area contributed by atoms with Gasteiger partial charge in [0.25, 0.3) is 0 Å². The maximum Gasteiger partial charge on any atom is 0.138 e. The summed E-state index contributed by atoms with van der Waals surface area (Å²) in [5, 5.41) is 30.4. The van der Waals surface area contributed by atoms with Gasteiger partial charge in [0.2, 0.25) is 0 Å². The predicted molar refractivity (Wildman–Crippen MR) is 217 cm³/mol. The highest BCUT2D eigenvalue weighted by Crippen LogP contribution is 2.49. The minimum Gasteiger partial charge on any atom is -0.506 e. The molecule has 0 aliphatic carbocycles. The molecule has 0 saturated heterocycles. The van der Waals surface area contributed by atoms with E-state index < -0.39 is 0 Å². The first-order valence-corrected chi connectivity index (χ1v) is 18.5. The minimum atomic E-state index is 0.118. The summed E-state index contributed by atoms with van der Waals surface area (Å²) in [4.78, 5) is 0. The largest absolute Gasteiger partial charge is 0.506 e. The third kappa shape index (κ3) is 5.73. The van der Waals surface area contributed by atoms with E-state index in [0.29, 0.717) is 20.1 Å². The van der Waals surface area contributed by atoms with E-state index in [9.17, 15) is 10.2 Å². The number of hydrogen-bond donors (Lipinski definition) is 2. The van der Waals surface area contributed by atoms with Crippen LogP contribution in [0.2, 0.25) is 0 Å². The van der Waals surface area contributed by atoms with Crippen molar-refractivity contribution < 1.29 is 10.2 Å². The maximum absolute atomic E-state index is 10.8. The van der Waals surface area contributed by atoms with Crippen molar-refractivity contribution in [3.63, 3.8) is 0 Å². The number of aromatic hydroxyl groups is 2. The first kappa shape index (κ1) is 32.8. The molecule has 0 fully saturated rings. The fourth-order valence-corrected chi connectivity index (χ4v) is 8.37. The van der Waals surface area contributed by atoms with Gasteiger partial charge in [0, 0.05) is 20.1 Å². The van der Waals surface area contributed by atoms with Crippen molar-refractivity contribution in [1.29, 1.82) is 0 Å². The van der Waals surface area contributed by atoms with Gasteiger partial charge in [0.05, 0.1) is 8.95 Å². The molecule has 0 aliphatic heterocycles. The molecule has 0 atom stereocenters. The summed E-state index contributed by atoms with van der Waals surface area (Å²) in [5.74, 6) is 0.236. The fraction of sp³-hybridized carbons (Fsp3) is 0.0476. The molecule has 0 bridgehead atoms. The average molecular weight is 884 g/mol. The van der Waals surface area contributed by atoms with Gasteiger partial charge in [-0.2, -0.15) is 0 Å². The van der Waals surface area contributed by atoms with Crippen LogP contribution in [0.1, 0.15) is 11.1 Å². The average Bonchev–Trinajstić information content (AvgIpc) is 3.09. The Morgan fingerprint density at radius 1 is 0.354 bits per heavy atom. The second kappa shape index (κ2) is 13.3. The fourth-order valence-electron chi connectivity index (χ4n) is 6.59. The quantitative estimate of drug-likeness (QED) is 0.182. The van der Waals surface area contributed by atoms with Crippen LogP contribution in [-0.2, 0) is 0 Å². The van der Waals surface area contributed by atoms with Crippen molar-refractivity contribution in [3.05, 3.63) is 150 Å². The zero-order chi connectivity index (χ0) is 33.7. The molecule has 2 nitrogen and oxygen atoms in total. The highest BCUT2D eigenvalue weighted by atomic mass is 79.9. The van der Waals surface area contributed by atoms with Gasteiger partial charge in [0.1, 0.15) is 11.5 Å². The Bertz CT molecular complexity index is 2200. The molecule has 6 heteroatoms. The van der Waals surface area contributed by atoms with Crippen LogP contribution in [0.25, 0.3) is 65.3 Å². The van der Waals surface area contributed by atoms with Gasteiger partial charge in [-0.05, 0) is 135 Å². The van der Waals surface area contributed by atoms with Crippen molar-refractivity contribution in [2.45, 2.75) is 13.8 Å². The van der Waals surface area contributed by atoms with Crippen molar-refractivity contribution in [1.82, 2.24) is 0 Å². The van der Waals surface area contributed by atoms with E-state index in [4.69, 9.17) is 0 Å². The number of hydrogen-bond acceptors (Lipinski definition) is 2. The Morgan fingerprint density at radius 3 is 0.917 bits per heavy atom. The van der Waals surface area contributed by atoms with Crippen molar-refractivity contribution in [2.75, 3.05) is 0 Å². The predicted octanol–water partition coefficient (Wildman–Crippen LogP) is 14.4. The molecule has 0 aliphatic rings. The molecule has 0 spiro atoms. The zero-order valence-electron chi connectivity index (χ0n) is 26.0. The van der Waals surface area contributed by atoms with Crippen molar-refractivity contribution in [2.24, 2.45) is 0 Å². The van der Waals surface area contributed by atoms with E-state index >= 15 is 0 Å². The van der Waals surface area contributed by atoms with Gasteiger partial charge >= 0.3 is 0 Å². The van der Waals surface area contributed by atoms with Gasteiger partial charge < -0.3 is 10.2 Å². The van der Waals surface area contributed by atoms with Crippen molar-refractivity contribution in [3.8, 4) is 33.8 Å². The highest BCUT2D eigenvalue weighted by Gasteiger charge is 2.21. The normalized spacial score (nSPS) is 11.3. The number of halogens is 4. The maximum atomic E-state index is 10.8. The Balaban J connectivity index is 0.000000152. The van der Waals surface area contributed by atoms with Crippen LogP contribution < -0.4 is 0 Å². The topological polar surface area (TPSA) is 40.5 Å². The number of fused-ring (bicyclic) bond motifs is 4. The van der Waals surface area contributed by atoms with E-state index in [0.717, 1.165) is 30.5 Å². The Hall–Kier alpha value is -3.68. The molecule has 0 aromatic heterocycles. The highest BCUT2D eigenvalue weighted by molar-refractivity contribution is 9.11. The molecule has 0 amide bonds. The van der Waals surface area contributed by atoms with Crippen molar-refractivity contribution >= 4 is 107 Å². The molecule has 0 radical (unpaired) electrons. The lowest BCUT2D eigenvalue weighted by molar-refractivity contribution is 0.467. The van der Waals surface area contributed by atoms with E-state index in [1.165, 1.54) is 43.8 Å². The van der Waals surface area contributed by atoms with E-state index in [1.54, 1.807) is 0 Å². The second-order valence-electron chi connectivity index (χ2n) is 11.8. The summed E-state index contributed by atoms with van der Waals surface area (Å²) in [6.45, 7) is 4.39. The summed E-state index contributed by atoms with van der Waals surface area (Å²) in [5.41, 5.74) is 6.43. The molecule has 8 rings (SSSR count). The molecule has 2 N–H and O–H groups in total. The van der Waals surface area contributed by atoms with Crippen LogP contribution in [0.15, 0.2) is 139 Å². The smallest absolute Gasteiger partial charge is 0.138 e. The molecule has 236 valence electrons. The van der Waals surface area contributed by atoms with Gasteiger partial charge in [-0.3, -0.25) is 0 Å². The molecular formula is C42H28Br4O2. The first-order chi connectivity index (χ1) is 23.2. The summed E-state index contributed by atoms with van der Waals surface area (Å²) >= 11 is 14.4. The lowest BCUT2D eigenvalue weighted by atomic mass is 9.88. The van der Waals surface area contributed by atoms with E-state index in [2.05, 4.69) is 138 Å². The molecule has 8 aromatic carbocycles. The minimum absolute atomic E-state index is 0.118. The number of rotatable bonds is 2. The van der Waals surface area contributed by atoms with E-state index in [1.807, 2.05) is 60.7 Å². The Kier molecular flexibility index (Phi) is 9.12. The van der Waals surface area contributed by atoms with Crippen LogP contribution in [0.4, 0.5) is 0 Å². The zero-order valence-corrected chi connectivity index (χ0v) is 32.3. The lowest BCUT2D eigenvalue weighted by Crippen LogP contribution is -1.93.